The number of amides is 1. The molecular formula is C15H22Cl2N4O. The summed E-state index contributed by atoms with van der Waals surface area (Å²) in [6, 6.07) is 7.97. The van der Waals surface area contributed by atoms with Gasteiger partial charge in [0.25, 0.3) is 0 Å². The Morgan fingerprint density at radius 1 is 1.23 bits per heavy atom. The highest BCUT2D eigenvalue weighted by molar-refractivity contribution is 5.85. The van der Waals surface area contributed by atoms with E-state index in [2.05, 4.69) is 20.6 Å². The van der Waals surface area contributed by atoms with Gasteiger partial charge in [0.1, 0.15) is 5.82 Å². The quantitative estimate of drug-likeness (QED) is 0.795. The number of nitrogens with zero attached hydrogens (tertiary/aromatic N) is 1. The summed E-state index contributed by atoms with van der Waals surface area (Å²) < 4.78 is 0. The molecule has 2 aromatic rings. The lowest BCUT2D eigenvalue weighted by molar-refractivity contribution is -0.125. The number of H-pyrrole nitrogens is 1. The number of carbonyl (C=O) groups is 1. The van der Waals surface area contributed by atoms with Gasteiger partial charge in [-0.15, -0.1) is 24.8 Å². The molecule has 0 bridgehead atoms. The molecule has 0 radical (unpaired) electrons. The molecule has 1 aliphatic rings. The van der Waals surface area contributed by atoms with Crippen molar-refractivity contribution >= 4 is 41.8 Å². The van der Waals surface area contributed by atoms with Crippen LogP contribution in [-0.2, 0) is 11.2 Å². The zero-order chi connectivity index (χ0) is 13.8. The number of rotatable bonds is 4. The second kappa shape index (κ2) is 8.98. The number of hydrogen-bond donors (Lipinski definition) is 3. The Balaban J connectivity index is 0.00000121. The number of para-hydroxylation sites is 2. The number of imidazole rings is 1. The summed E-state index contributed by atoms with van der Waals surface area (Å²) in [7, 11) is 0. The van der Waals surface area contributed by atoms with E-state index in [1.165, 1.54) is 0 Å². The average Bonchev–Trinajstić information content (AvgIpc) is 2.90. The zero-order valence-corrected chi connectivity index (χ0v) is 13.9. The predicted molar refractivity (Wildman–Crippen MR) is 92.9 cm³/mol. The molecule has 3 rings (SSSR count). The van der Waals surface area contributed by atoms with Crippen LogP contribution in [0.1, 0.15) is 18.7 Å². The third-order valence-corrected chi connectivity index (χ3v) is 3.81. The Morgan fingerprint density at radius 3 is 2.68 bits per heavy atom. The fraction of sp³-hybridized carbons (Fsp3) is 0.467. The molecule has 0 atom stereocenters. The molecule has 1 aromatic carbocycles. The first-order valence-corrected chi connectivity index (χ1v) is 7.25. The molecule has 1 aromatic heterocycles. The van der Waals surface area contributed by atoms with Crippen LogP contribution in [0.15, 0.2) is 24.3 Å². The number of aromatic amines is 1. The van der Waals surface area contributed by atoms with Crippen LogP contribution in [0.25, 0.3) is 11.0 Å². The van der Waals surface area contributed by atoms with Crippen molar-refractivity contribution in [3.8, 4) is 0 Å². The topological polar surface area (TPSA) is 69.8 Å². The van der Waals surface area contributed by atoms with Crippen LogP contribution < -0.4 is 10.6 Å². The van der Waals surface area contributed by atoms with E-state index in [1.807, 2.05) is 24.3 Å². The molecule has 5 nitrogen and oxygen atoms in total. The summed E-state index contributed by atoms with van der Waals surface area (Å²) in [5.41, 5.74) is 2.03. The van der Waals surface area contributed by atoms with E-state index in [0.717, 1.165) is 49.2 Å². The maximum atomic E-state index is 12.0. The summed E-state index contributed by atoms with van der Waals surface area (Å²) in [5.74, 6) is 1.28. The summed E-state index contributed by atoms with van der Waals surface area (Å²) in [4.78, 5) is 19.8. The van der Waals surface area contributed by atoms with Gasteiger partial charge in [-0.3, -0.25) is 4.79 Å². The van der Waals surface area contributed by atoms with Gasteiger partial charge in [-0.2, -0.15) is 0 Å². The van der Waals surface area contributed by atoms with E-state index in [1.54, 1.807) is 0 Å². The molecule has 1 aliphatic heterocycles. The summed E-state index contributed by atoms with van der Waals surface area (Å²) in [6.45, 7) is 2.53. The number of nitrogens with one attached hydrogen (secondary N) is 3. The van der Waals surface area contributed by atoms with Crippen LogP contribution in [0.5, 0.6) is 0 Å². The minimum absolute atomic E-state index is 0. The van der Waals surface area contributed by atoms with Gasteiger partial charge in [-0.1, -0.05) is 12.1 Å². The molecule has 1 amide bonds. The van der Waals surface area contributed by atoms with Crippen LogP contribution in [0.3, 0.4) is 0 Å². The van der Waals surface area contributed by atoms with Gasteiger partial charge in [0.05, 0.1) is 11.0 Å². The van der Waals surface area contributed by atoms with Crippen LogP contribution >= 0.6 is 24.8 Å². The van der Waals surface area contributed by atoms with Crippen molar-refractivity contribution in [3.63, 3.8) is 0 Å². The number of carbonyl (C=O) groups excluding carboxylic acids is 1. The lowest BCUT2D eigenvalue weighted by atomic mass is 9.97. The molecular weight excluding hydrogens is 323 g/mol. The Morgan fingerprint density at radius 2 is 1.95 bits per heavy atom. The largest absolute Gasteiger partial charge is 0.355 e. The molecule has 0 unspecified atom stereocenters. The van der Waals surface area contributed by atoms with E-state index in [0.29, 0.717) is 6.54 Å². The van der Waals surface area contributed by atoms with E-state index in [-0.39, 0.29) is 36.6 Å². The number of fused-ring (bicyclic) bond motifs is 1. The Hall–Kier alpha value is -1.30. The molecule has 0 spiro atoms. The van der Waals surface area contributed by atoms with E-state index in [4.69, 9.17) is 0 Å². The Bertz CT molecular complexity index is 563. The van der Waals surface area contributed by atoms with E-state index in [9.17, 15) is 4.79 Å². The molecule has 122 valence electrons. The normalized spacial score (nSPS) is 14.9. The van der Waals surface area contributed by atoms with Crippen molar-refractivity contribution in [2.24, 2.45) is 5.92 Å². The standard InChI is InChI=1S/C15H20N4O.2ClH/c20-15(11-5-8-16-9-6-11)17-10-7-14-18-12-3-1-2-4-13(12)19-14;;/h1-4,11,16H,5-10H2,(H,17,20)(H,18,19);2*1H. The van der Waals surface area contributed by atoms with Gasteiger partial charge >= 0.3 is 0 Å². The number of hydrogen-bond acceptors (Lipinski definition) is 3. The first-order valence-electron chi connectivity index (χ1n) is 7.25. The summed E-state index contributed by atoms with van der Waals surface area (Å²) in [6.07, 6.45) is 2.62. The third kappa shape index (κ3) is 4.60. The summed E-state index contributed by atoms with van der Waals surface area (Å²) in [5, 5.41) is 6.29. The monoisotopic (exact) mass is 344 g/mol. The fourth-order valence-electron chi connectivity index (χ4n) is 2.66. The van der Waals surface area contributed by atoms with Gasteiger partial charge in [0, 0.05) is 18.9 Å². The van der Waals surface area contributed by atoms with Gasteiger partial charge in [0.2, 0.25) is 5.91 Å². The van der Waals surface area contributed by atoms with Crippen molar-refractivity contribution in [1.29, 1.82) is 0 Å². The lowest BCUT2D eigenvalue weighted by Crippen LogP contribution is -2.38. The smallest absolute Gasteiger partial charge is 0.223 e. The van der Waals surface area contributed by atoms with Crippen molar-refractivity contribution in [2.75, 3.05) is 19.6 Å². The zero-order valence-electron chi connectivity index (χ0n) is 12.3. The highest BCUT2D eigenvalue weighted by Gasteiger charge is 2.20. The van der Waals surface area contributed by atoms with E-state index >= 15 is 0 Å². The second-order valence-corrected chi connectivity index (χ2v) is 5.27. The second-order valence-electron chi connectivity index (χ2n) is 5.27. The number of aromatic nitrogens is 2. The molecule has 3 N–H and O–H groups in total. The molecule has 2 heterocycles. The van der Waals surface area contributed by atoms with Crippen LogP contribution in [-0.4, -0.2) is 35.5 Å². The van der Waals surface area contributed by atoms with Crippen LogP contribution in [0.4, 0.5) is 0 Å². The van der Waals surface area contributed by atoms with Crippen molar-refractivity contribution in [3.05, 3.63) is 30.1 Å². The highest BCUT2D eigenvalue weighted by Crippen LogP contribution is 2.12. The van der Waals surface area contributed by atoms with Crippen molar-refractivity contribution in [2.45, 2.75) is 19.3 Å². The molecule has 7 heteroatoms. The highest BCUT2D eigenvalue weighted by atomic mass is 35.5. The molecule has 0 aliphatic carbocycles. The Kier molecular flexibility index (Phi) is 7.65. The number of piperidine rings is 1. The average molecular weight is 345 g/mol. The first-order chi connectivity index (χ1) is 9.83. The molecule has 0 saturated carbocycles. The van der Waals surface area contributed by atoms with Crippen molar-refractivity contribution < 1.29 is 4.79 Å². The van der Waals surface area contributed by atoms with Crippen molar-refractivity contribution in [1.82, 2.24) is 20.6 Å². The minimum atomic E-state index is 0. The predicted octanol–water partition coefficient (Wildman–Crippen LogP) is 2.06. The van der Waals surface area contributed by atoms with Crippen LogP contribution in [0.2, 0.25) is 0 Å². The lowest BCUT2D eigenvalue weighted by Gasteiger charge is -2.21. The number of halogens is 2. The number of benzene rings is 1. The molecule has 1 saturated heterocycles. The van der Waals surface area contributed by atoms with Gasteiger partial charge in [0.15, 0.2) is 0 Å². The fourth-order valence-corrected chi connectivity index (χ4v) is 2.66. The molecule has 1 fully saturated rings. The molecule has 22 heavy (non-hydrogen) atoms. The maximum Gasteiger partial charge on any atom is 0.223 e. The maximum absolute atomic E-state index is 12.0. The minimum Gasteiger partial charge on any atom is -0.355 e. The van der Waals surface area contributed by atoms with Gasteiger partial charge < -0.3 is 15.6 Å². The van der Waals surface area contributed by atoms with Gasteiger partial charge in [-0.25, -0.2) is 4.98 Å². The van der Waals surface area contributed by atoms with E-state index < -0.39 is 0 Å². The Labute approximate surface area is 142 Å². The van der Waals surface area contributed by atoms with Gasteiger partial charge in [-0.05, 0) is 38.1 Å². The third-order valence-electron chi connectivity index (χ3n) is 3.81. The SMILES string of the molecule is Cl.Cl.O=C(NCCc1nc2ccccc2[nH]1)C1CCNCC1. The summed E-state index contributed by atoms with van der Waals surface area (Å²) >= 11 is 0. The van der Waals surface area contributed by atoms with Crippen LogP contribution in [0, 0.1) is 5.92 Å². The first kappa shape index (κ1) is 18.7.